The van der Waals surface area contributed by atoms with Gasteiger partial charge in [0.15, 0.2) is 6.04 Å². The fraction of sp³-hybridized carbons (Fsp3) is 0.160. The van der Waals surface area contributed by atoms with Crippen molar-refractivity contribution in [3.8, 4) is 11.5 Å². The molecule has 3 aromatic carbocycles. The highest BCUT2D eigenvalue weighted by Gasteiger charge is 2.47. The molecule has 3 aromatic rings. The highest BCUT2D eigenvalue weighted by Crippen LogP contribution is 2.28. The Morgan fingerprint density at radius 2 is 1.58 bits per heavy atom. The van der Waals surface area contributed by atoms with Gasteiger partial charge in [0.25, 0.3) is 5.91 Å². The minimum Gasteiger partial charge on any atom is -0.497 e. The molecule has 0 radical (unpaired) electrons. The van der Waals surface area contributed by atoms with Crippen molar-refractivity contribution in [2.75, 3.05) is 14.2 Å². The van der Waals surface area contributed by atoms with E-state index < -0.39 is 12.1 Å². The molecule has 1 saturated heterocycles. The fourth-order valence-corrected chi connectivity index (χ4v) is 3.86. The lowest BCUT2D eigenvalue weighted by Crippen LogP contribution is -2.42. The lowest BCUT2D eigenvalue weighted by atomic mass is 9.99. The summed E-state index contributed by atoms with van der Waals surface area (Å²) in [5.41, 5.74) is 4.82. The highest BCUT2D eigenvalue weighted by molar-refractivity contribution is 6.32. The van der Waals surface area contributed by atoms with Crippen LogP contribution in [0.15, 0.2) is 72.8 Å². The maximum atomic E-state index is 13.0. The number of hydrogen-bond acceptors (Lipinski definition) is 4. The summed E-state index contributed by atoms with van der Waals surface area (Å²) in [6.45, 7) is 0. The van der Waals surface area contributed by atoms with E-state index >= 15 is 0 Å². The fourth-order valence-electron chi connectivity index (χ4n) is 3.68. The Labute approximate surface area is 196 Å². The molecule has 168 valence electrons. The molecule has 1 fully saturated rings. The molecule has 0 saturated carbocycles. The van der Waals surface area contributed by atoms with Gasteiger partial charge in [0, 0.05) is 11.1 Å². The van der Waals surface area contributed by atoms with Crippen LogP contribution in [0.3, 0.4) is 0 Å². The Hall–Kier alpha value is -3.84. The second-order valence-electron chi connectivity index (χ2n) is 7.43. The number of methoxy groups -OCH3 is 2. The second-order valence-corrected chi connectivity index (χ2v) is 7.84. The zero-order valence-corrected chi connectivity index (χ0v) is 18.9. The van der Waals surface area contributed by atoms with Gasteiger partial charge >= 0.3 is 5.91 Å². The summed E-state index contributed by atoms with van der Waals surface area (Å²) >= 11 is 6.33. The van der Waals surface area contributed by atoms with Gasteiger partial charge in [-0.15, -0.1) is 10.1 Å². The summed E-state index contributed by atoms with van der Waals surface area (Å²) in [6.07, 6.45) is 1.76. The number of nitrogens with one attached hydrogen (secondary N) is 2. The number of ether oxygens (including phenoxy) is 2. The maximum Gasteiger partial charge on any atom is 0.304 e. The Morgan fingerprint density at radius 3 is 2.18 bits per heavy atom. The van der Waals surface area contributed by atoms with Gasteiger partial charge in [-0.1, -0.05) is 23.7 Å². The molecule has 2 N–H and O–H groups in total. The minimum absolute atomic E-state index is 0.332. The van der Waals surface area contributed by atoms with Gasteiger partial charge in [0.2, 0.25) is 12.3 Å². The zero-order chi connectivity index (χ0) is 23.4. The Morgan fingerprint density at radius 1 is 0.970 bits per heavy atom. The average Bonchev–Trinajstić information content (AvgIpc) is 3.14. The van der Waals surface area contributed by atoms with Crippen LogP contribution in [0.1, 0.15) is 27.5 Å². The summed E-state index contributed by atoms with van der Waals surface area (Å²) in [6, 6.07) is 20.0. The summed E-state index contributed by atoms with van der Waals surface area (Å²) < 4.78 is 12.1. The molecular formula is C25H23ClN3O4+. The van der Waals surface area contributed by atoms with Crippen LogP contribution in [0, 0.1) is 0 Å². The van der Waals surface area contributed by atoms with Crippen LogP contribution in [0.5, 0.6) is 11.5 Å². The largest absolute Gasteiger partial charge is 0.497 e. The predicted octanol–water partition coefficient (Wildman–Crippen LogP) is 3.37. The summed E-state index contributed by atoms with van der Waals surface area (Å²) in [4.78, 5) is 25.9. The van der Waals surface area contributed by atoms with Crippen molar-refractivity contribution in [3.05, 3.63) is 94.5 Å². The number of amides is 2. The number of nitrogens with zero attached hydrogens (tertiary/aromatic N) is 1. The van der Waals surface area contributed by atoms with Crippen molar-refractivity contribution in [1.29, 1.82) is 0 Å². The highest BCUT2D eigenvalue weighted by atomic mass is 35.5. The summed E-state index contributed by atoms with van der Waals surface area (Å²) in [5, 5.41) is 3.42. The van der Waals surface area contributed by atoms with Gasteiger partial charge in [-0.25, -0.2) is 0 Å². The maximum absolute atomic E-state index is 13.0. The Kier molecular flexibility index (Phi) is 6.60. The van der Waals surface area contributed by atoms with Gasteiger partial charge in [0.1, 0.15) is 11.5 Å². The third kappa shape index (κ3) is 4.83. The summed E-state index contributed by atoms with van der Waals surface area (Å²) in [7, 11) is 3.15. The first-order valence-corrected chi connectivity index (χ1v) is 10.6. The van der Waals surface area contributed by atoms with Crippen LogP contribution in [-0.2, 0) is 4.79 Å². The van der Waals surface area contributed by atoms with Crippen LogP contribution < -0.4 is 20.2 Å². The average molecular weight is 465 g/mol. The van der Waals surface area contributed by atoms with Gasteiger partial charge in [-0.2, -0.15) is 0 Å². The van der Waals surface area contributed by atoms with Crippen LogP contribution >= 0.6 is 11.6 Å². The van der Waals surface area contributed by atoms with Gasteiger partial charge in [0.05, 0.1) is 24.8 Å². The number of hydrogen-bond donors (Lipinski definition) is 2. The molecule has 8 heteroatoms. The topological polar surface area (TPSA) is 79.7 Å². The van der Waals surface area contributed by atoms with Gasteiger partial charge in [-0.05, 0) is 60.7 Å². The molecular weight excluding hydrogens is 442 g/mol. The van der Waals surface area contributed by atoms with Crippen molar-refractivity contribution in [2.24, 2.45) is 0 Å². The molecule has 33 heavy (non-hydrogen) atoms. The number of carbonyl (C=O) groups excluding carboxylic acids is 2. The standard InChI is InChI=1S/C25H22ClN3O4/c1-32-19-11-7-16(8-12-19)23-22(27-24(30)17-9-13-20(33-2)14-10-17)25(31)28-29(23)15-18-5-3-4-6-21(18)26/h3-15,22-23H,1-2H3,(H-,27,28,30,31)/p+1/b29-15-/t22-,23+/m1/s1. The van der Waals surface area contributed by atoms with E-state index in [4.69, 9.17) is 21.1 Å². The summed E-state index contributed by atoms with van der Waals surface area (Å²) in [5.74, 6) is 0.634. The number of rotatable bonds is 6. The Bertz CT molecular complexity index is 1190. The molecule has 0 spiro atoms. The molecule has 1 heterocycles. The SMILES string of the molecule is COc1ccc(C(=O)N[C@H]2C(=O)N/[N+](=C\c3ccccc3Cl)[C@H]2c2ccc(OC)cc2)cc1. The van der Waals surface area contributed by atoms with Crippen molar-refractivity contribution in [3.63, 3.8) is 0 Å². The molecule has 0 aromatic heterocycles. The van der Waals surface area contributed by atoms with Gasteiger partial charge < -0.3 is 14.8 Å². The molecule has 1 aliphatic heterocycles. The third-order valence-electron chi connectivity index (χ3n) is 5.42. The lowest BCUT2D eigenvalue weighted by Gasteiger charge is -2.15. The second kappa shape index (κ2) is 9.75. The molecule has 2 amide bonds. The molecule has 7 nitrogen and oxygen atoms in total. The van der Waals surface area contributed by atoms with Gasteiger partial charge in [-0.3, -0.25) is 9.59 Å². The minimum atomic E-state index is -0.841. The first-order chi connectivity index (χ1) is 16.0. The first kappa shape index (κ1) is 22.4. The molecule has 1 aliphatic rings. The number of carbonyl (C=O) groups is 2. The third-order valence-corrected chi connectivity index (χ3v) is 5.76. The van der Waals surface area contributed by atoms with E-state index in [0.717, 1.165) is 11.1 Å². The van der Waals surface area contributed by atoms with E-state index in [1.165, 1.54) is 0 Å². The molecule has 0 aliphatic carbocycles. The van der Waals surface area contributed by atoms with E-state index in [0.29, 0.717) is 22.1 Å². The number of halogens is 1. The van der Waals surface area contributed by atoms with Crippen LogP contribution in [0.25, 0.3) is 0 Å². The van der Waals surface area contributed by atoms with Crippen LogP contribution in [-0.4, -0.2) is 43.0 Å². The van der Waals surface area contributed by atoms with Crippen molar-refractivity contribution in [1.82, 2.24) is 10.7 Å². The Balaban J connectivity index is 1.69. The quantitative estimate of drug-likeness (QED) is 0.548. The van der Waals surface area contributed by atoms with E-state index in [-0.39, 0.29) is 11.8 Å². The molecule has 4 rings (SSSR count). The zero-order valence-electron chi connectivity index (χ0n) is 18.1. The lowest BCUT2D eigenvalue weighted by molar-refractivity contribution is -0.596. The smallest absolute Gasteiger partial charge is 0.304 e. The first-order valence-electron chi connectivity index (χ1n) is 10.3. The molecule has 0 unspecified atom stereocenters. The van der Waals surface area contributed by atoms with E-state index in [1.54, 1.807) is 55.5 Å². The molecule has 2 atom stereocenters. The van der Waals surface area contributed by atoms with Crippen molar-refractivity contribution in [2.45, 2.75) is 12.1 Å². The van der Waals surface area contributed by atoms with E-state index in [2.05, 4.69) is 10.7 Å². The number of hydrazine groups is 1. The monoisotopic (exact) mass is 464 g/mol. The van der Waals surface area contributed by atoms with Crippen molar-refractivity contribution < 1.29 is 23.7 Å². The van der Waals surface area contributed by atoms with Crippen LogP contribution in [0.4, 0.5) is 0 Å². The van der Waals surface area contributed by atoms with E-state index in [9.17, 15) is 9.59 Å². The van der Waals surface area contributed by atoms with Crippen molar-refractivity contribution >= 4 is 29.6 Å². The normalized spacial score (nSPS) is 18.6. The number of benzene rings is 3. The van der Waals surface area contributed by atoms with Crippen LogP contribution in [0.2, 0.25) is 5.02 Å². The number of hydrazone groups is 1. The molecule has 0 bridgehead atoms. The van der Waals surface area contributed by atoms with E-state index in [1.807, 2.05) is 42.5 Å². The predicted molar refractivity (Wildman–Crippen MR) is 125 cm³/mol.